The Bertz CT molecular complexity index is 428. The van der Waals surface area contributed by atoms with Crippen LogP contribution in [0.3, 0.4) is 0 Å². The van der Waals surface area contributed by atoms with Crippen molar-refractivity contribution >= 4 is 5.69 Å². The monoisotopic (exact) mass is 289 g/mol. The molecule has 0 spiro atoms. The summed E-state index contributed by atoms with van der Waals surface area (Å²) in [6.07, 6.45) is 5.12. The van der Waals surface area contributed by atoms with Crippen molar-refractivity contribution in [2.45, 2.75) is 39.2 Å². The van der Waals surface area contributed by atoms with Gasteiger partial charge in [-0.3, -0.25) is 0 Å². The summed E-state index contributed by atoms with van der Waals surface area (Å²) in [5.74, 6) is 0. The highest BCUT2D eigenvalue weighted by molar-refractivity contribution is 5.56. The topological polar surface area (TPSA) is 18.5 Å². The fourth-order valence-corrected chi connectivity index (χ4v) is 2.95. The lowest BCUT2D eigenvalue weighted by atomic mass is 9.99. The van der Waals surface area contributed by atoms with Gasteiger partial charge in [-0.1, -0.05) is 25.5 Å². The quantitative estimate of drug-likeness (QED) is 0.742. The van der Waals surface area contributed by atoms with Crippen LogP contribution in [0.1, 0.15) is 37.3 Å². The van der Waals surface area contributed by atoms with Crippen LogP contribution in [0.4, 0.5) is 5.69 Å². The number of unbranched alkanes of at least 4 members (excludes halogenated alkanes) is 1. The first-order valence-electron chi connectivity index (χ1n) is 8.43. The number of aryl methyl sites for hydroxylation is 1. The molecular weight excluding hydrogens is 258 g/mol. The van der Waals surface area contributed by atoms with Crippen LogP contribution in [0.5, 0.6) is 0 Å². The highest BCUT2D eigenvalue weighted by Gasteiger charge is 2.16. The third kappa shape index (κ3) is 5.01. The maximum absolute atomic E-state index is 3.53. The Morgan fingerprint density at radius 2 is 2.14 bits per heavy atom. The lowest BCUT2D eigenvalue weighted by molar-refractivity contribution is 0.400. The third-order valence-corrected chi connectivity index (χ3v) is 4.21. The molecule has 3 heteroatoms. The van der Waals surface area contributed by atoms with E-state index < -0.39 is 0 Å². The smallest absolute Gasteiger partial charge is 0.0398 e. The van der Waals surface area contributed by atoms with Gasteiger partial charge in [-0.05, 0) is 50.6 Å². The summed E-state index contributed by atoms with van der Waals surface area (Å²) in [5, 5.41) is 3.53. The molecule has 1 heterocycles. The highest BCUT2D eigenvalue weighted by Crippen LogP contribution is 2.28. The van der Waals surface area contributed by atoms with E-state index in [1.165, 1.54) is 50.0 Å². The number of fused-ring (bicyclic) bond motifs is 1. The van der Waals surface area contributed by atoms with Gasteiger partial charge in [0.15, 0.2) is 0 Å². The second kappa shape index (κ2) is 8.40. The van der Waals surface area contributed by atoms with E-state index in [0.717, 1.165) is 19.6 Å². The molecule has 0 aromatic heterocycles. The minimum absolute atomic E-state index is 0.982. The van der Waals surface area contributed by atoms with Crippen molar-refractivity contribution in [3.05, 3.63) is 29.3 Å². The molecule has 1 aromatic rings. The average molecular weight is 289 g/mol. The van der Waals surface area contributed by atoms with Crippen LogP contribution in [0.25, 0.3) is 0 Å². The molecule has 118 valence electrons. The van der Waals surface area contributed by atoms with Crippen LogP contribution in [0.15, 0.2) is 18.2 Å². The summed E-state index contributed by atoms with van der Waals surface area (Å²) < 4.78 is 0. The molecule has 0 amide bonds. The van der Waals surface area contributed by atoms with E-state index in [1.807, 2.05) is 0 Å². The van der Waals surface area contributed by atoms with E-state index >= 15 is 0 Å². The molecule has 0 unspecified atom stereocenters. The zero-order chi connectivity index (χ0) is 15.1. The van der Waals surface area contributed by atoms with Crippen LogP contribution < -0.4 is 10.2 Å². The van der Waals surface area contributed by atoms with Gasteiger partial charge in [-0.2, -0.15) is 0 Å². The van der Waals surface area contributed by atoms with Crippen molar-refractivity contribution in [2.24, 2.45) is 0 Å². The molecular formula is C18H31N3. The second-order valence-corrected chi connectivity index (χ2v) is 6.39. The molecule has 0 atom stereocenters. The predicted octanol–water partition coefficient (Wildman–Crippen LogP) is 2.89. The van der Waals surface area contributed by atoms with E-state index in [9.17, 15) is 0 Å². The van der Waals surface area contributed by atoms with Gasteiger partial charge < -0.3 is 15.1 Å². The molecule has 3 nitrogen and oxygen atoms in total. The van der Waals surface area contributed by atoms with Crippen molar-refractivity contribution < 1.29 is 0 Å². The number of anilines is 1. The number of hydrogen-bond donors (Lipinski definition) is 1. The zero-order valence-electron chi connectivity index (χ0n) is 14.0. The fraction of sp³-hybridized carbons (Fsp3) is 0.667. The average Bonchev–Trinajstić information content (AvgIpc) is 2.49. The molecule has 2 rings (SSSR count). The number of nitrogens with one attached hydrogen (secondary N) is 1. The molecule has 1 aromatic carbocycles. The van der Waals surface area contributed by atoms with Gasteiger partial charge in [0.25, 0.3) is 0 Å². The van der Waals surface area contributed by atoms with Gasteiger partial charge in [0.1, 0.15) is 0 Å². The normalized spacial score (nSPS) is 14.6. The van der Waals surface area contributed by atoms with E-state index in [0.29, 0.717) is 0 Å². The first kappa shape index (κ1) is 16.3. The van der Waals surface area contributed by atoms with Gasteiger partial charge in [0.2, 0.25) is 0 Å². The molecule has 1 N–H and O–H groups in total. The number of hydrogen-bond acceptors (Lipinski definition) is 3. The minimum Gasteiger partial charge on any atom is -0.371 e. The molecule has 1 aliphatic rings. The fourth-order valence-electron chi connectivity index (χ4n) is 2.95. The predicted molar refractivity (Wildman–Crippen MR) is 92.1 cm³/mol. The maximum Gasteiger partial charge on any atom is 0.0398 e. The Morgan fingerprint density at radius 1 is 1.29 bits per heavy atom. The van der Waals surface area contributed by atoms with Crippen molar-refractivity contribution in [3.63, 3.8) is 0 Å². The first-order chi connectivity index (χ1) is 10.2. The summed E-state index contributed by atoms with van der Waals surface area (Å²) in [7, 11) is 4.23. The maximum atomic E-state index is 3.53. The van der Waals surface area contributed by atoms with Crippen molar-refractivity contribution in [3.8, 4) is 0 Å². The van der Waals surface area contributed by atoms with Crippen LogP contribution in [0.2, 0.25) is 0 Å². The summed E-state index contributed by atoms with van der Waals surface area (Å²) in [5.41, 5.74) is 4.45. The standard InChI is InChI=1S/C18H31N3/c1-4-5-11-21-12-6-7-17-14-16(8-9-18(17)21)15-19-10-13-20(2)3/h8-9,14,19H,4-7,10-13,15H2,1-3H3. The molecule has 1 aliphatic heterocycles. The van der Waals surface area contributed by atoms with Crippen LogP contribution in [-0.4, -0.2) is 45.2 Å². The number of benzene rings is 1. The summed E-state index contributed by atoms with van der Waals surface area (Å²) in [6, 6.07) is 7.05. The van der Waals surface area contributed by atoms with E-state index in [-0.39, 0.29) is 0 Å². The molecule has 21 heavy (non-hydrogen) atoms. The van der Waals surface area contributed by atoms with Crippen LogP contribution >= 0.6 is 0 Å². The Hall–Kier alpha value is -1.06. The molecule has 0 fully saturated rings. The van der Waals surface area contributed by atoms with Gasteiger partial charge in [0.05, 0.1) is 0 Å². The highest BCUT2D eigenvalue weighted by atomic mass is 15.1. The molecule has 0 bridgehead atoms. The Morgan fingerprint density at radius 3 is 2.90 bits per heavy atom. The van der Waals surface area contributed by atoms with Gasteiger partial charge in [0, 0.05) is 38.4 Å². The summed E-state index contributed by atoms with van der Waals surface area (Å²) in [6.45, 7) is 7.84. The molecule has 0 saturated carbocycles. The van der Waals surface area contributed by atoms with Gasteiger partial charge in [-0.25, -0.2) is 0 Å². The third-order valence-electron chi connectivity index (χ3n) is 4.21. The molecule has 0 saturated heterocycles. The zero-order valence-corrected chi connectivity index (χ0v) is 14.0. The lowest BCUT2D eigenvalue weighted by Crippen LogP contribution is -2.30. The van der Waals surface area contributed by atoms with E-state index in [2.05, 4.69) is 54.3 Å². The van der Waals surface area contributed by atoms with Crippen LogP contribution in [-0.2, 0) is 13.0 Å². The second-order valence-electron chi connectivity index (χ2n) is 6.39. The minimum atomic E-state index is 0.982. The Labute approximate surface area is 130 Å². The molecule has 0 radical (unpaired) electrons. The largest absolute Gasteiger partial charge is 0.371 e. The Balaban J connectivity index is 1.92. The lowest BCUT2D eigenvalue weighted by Gasteiger charge is -2.31. The van der Waals surface area contributed by atoms with Crippen molar-refractivity contribution in [2.75, 3.05) is 45.2 Å². The number of rotatable bonds is 8. The van der Waals surface area contributed by atoms with E-state index in [4.69, 9.17) is 0 Å². The van der Waals surface area contributed by atoms with Crippen molar-refractivity contribution in [1.82, 2.24) is 10.2 Å². The SMILES string of the molecule is CCCCN1CCCc2cc(CNCCN(C)C)ccc21. The number of likely N-dealkylation sites (N-methyl/N-ethyl adjacent to an activating group) is 1. The molecule has 0 aliphatic carbocycles. The van der Waals surface area contributed by atoms with Crippen molar-refractivity contribution in [1.29, 1.82) is 0 Å². The first-order valence-corrected chi connectivity index (χ1v) is 8.43. The Kier molecular flexibility index (Phi) is 6.52. The van der Waals surface area contributed by atoms with E-state index in [1.54, 1.807) is 5.56 Å². The van der Waals surface area contributed by atoms with Crippen LogP contribution in [0, 0.1) is 0 Å². The summed E-state index contributed by atoms with van der Waals surface area (Å²) in [4.78, 5) is 4.79. The van der Waals surface area contributed by atoms with Gasteiger partial charge >= 0.3 is 0 Å². The number of nitrogens with zero attached hydrogens (tertiary/aromatic N) is 2. The summed E-state index contributed by atoms with van der Waals surface area (Å²) >= 11 is 0. The van der Waals surface area contributed by atoms with Gasteiger partial charge in [-0.15, -0.1) is 0 Å².